The van der Waals surface area contributed by atoms with E-state index in [0.29, 0.717) is 0 Å². The van der Waals surface area contributed by atoms with Gasteiger partial charge in [-0.15, -0.1) is 0 Å². The Morgan fingerprint density at radius 2 is 2.17 bits per heavy atom. The summed E-state index contributed by atoms with van der Waals surface area (Å²) in [6.45, 7) is 4.18. The van der Waals surface area contributed by atoms with Crippen LogP contribution in [0.15, 0.2) is 24.5 Å². The van der Waals surface area contributed by atoms with Gasteiger partial charge in [0, 0.05) is 42.0 Å². The molecule has 0 saturated carbocycles. The van der Waals surface area contributed by atoms with Gasteiger partial charge in [0.25, 0.3) is 0 Å². The fourth-order valence-corrected chi connectivity index (χ4v) is 2.48. The standard InChI is InChI=1S/C14H17N3O/c1-14(2)6-9-4-12(15)11(5-13(9)18-14)10-7-16-17(3)8-10/h4-5,7-8H,6,15H2,1-3H3. The Morgan fingerprint density at radius 1 is 1.39 bits per heavy atom. The summed E-state index contributed by atoms with van der Waals surface area (Å²) in [5, 5.41) is 4.18. The summed E-state index contributed by atoms with van der Waals surface area (Å²) in [6, 6.07) is 4.04. The van der Waals surface area contributed by atoms with E-state index in [9.17, 15) is 0 Å². The van der Waals surface area contributed by atoms with E-state index in [2.05, 4.69) is 18.9 Å². The van der Waals surface area contributed by atoms with Gasteiger partial charge in [-0.2, -0.15) is 5.10 Å². The van der Waals surface area contributed by atoms with E-state index in [4.69, 9.17) is 10.5 Å². The Bertz CT molecular complexity index is 613. The lowest BCUT2D eigenvalue weighted by atomic mass is 9.98. The van der Waals surface area contributed by atoms with E-state index in [0.717, 1.165) is 29.0 Å². The molecule has 0 fully saturated rings. The van der Waals surface area contributed by atoms with Crippen LogP contribution < -0.4 is 10.5 Å². The maximum Gasteiger partial charge on any atom is 0.124 e. The average Bonchev–Trinajstić information content (AvgIpc) is 2.79. The van der Waals surface area contributed by atoms with E-state index in [1.165, 1.54) is 5.56 Å². The van der Waals surface area contributed by atoms with Crippen LogP contribution in [0.5, 0.6) is 5.75 Å². The molecule has 0 bridgehead atoms. The SMILES string of the molecule is Cn1cc(-c2cc3c(cc2N)CC(C)(C)O3)cn1. The third-order valence-electron chi connectivity index (χ3n) is 3.25. The van der Waals surface area contributed by atoms with Crippen molar-refractivity contribution in [2.45, 2.75) is 25.9 Å². The molecule has 1 aliphatic rings. The zero-order chi connectivity index (χ0) is 12.9. The van der Waals surface area contributed by atoms with Crippen molar-refractivity contribution in [1.82, 2.24) is 9.78 Å². The van der Waals surface area contributed by atoms with Crippen molar-refractivity contribution in [1.29, 1.82) is 0 Å². The molecule has 0 saturated heterocycles. The van der Waals surface area contributed by atoms with Crippen molar-refractivity contribution in [2.24, 2.45) is 7.05 Å². The highest BCUT2D eigenvalue weighted by atomic mass is 16.5. The van der Waals surface area contributed by atoms with Crippen molar-refractivity contribution in [3.05, 3.63) is 30.1 Å². The van der Waals surface area contributed by atoms with E-state index < -0.39 is 0 Å². The summed E-state index contributed by atoms with van der Waals surface area (Å²) >= 11 is 0. The fourth-order valence-electron chi connectivity index (χ4n) is 2.48. The van der Waals surface area contributed by atoms with Crippen LogP contribution in [0.3, 0.4) is 0 Å². The van der Waals surface area contributed by atoms with Crippen LogP contribution in [0.4, 0.5) is 5.69 Å². The molecular weight excluding hydrogens is 226 g/mol. The number of nitrogens with zero attached hydrogens (tertiary/aromatic N) is 2. The number of benzene rings is 1. The molecule has 0 aliphatic carbocycles. The van der Waals surface area contributed by atoms with Gasteiger partial charge in [-0.3, -0.25) is 4.68 Å². The molecule has 2 heterocycles. The molecule has 3 rings (SSSR count). The summed E-state index contributed by atoms with van der Waals surface area (Å²) in [6.07, 6.45) is 4.68. The van der Waals surface area contributed by atoms with Crippen LogP contribution in [0, 0.1) is 0 Å². The van der Waals surface area contributed by atoms with Crippen LogP contribution in [0.2, 0.25) is 0 Å². The monoisotopic (exact) mass is 243 g/mol. The first-order valence-corrected chi connectivity index (χ1v) is 6.05. The largest absolute Gasteiger partial charge is 0.487 e. The summed E-state index contributed by atoms with van der Waals surface area (Å²) in [7, 11) is 1.90. The highest BCUT2D eigenvalue weighted by Gasteiger charge is 2.30. The maximum absolute atomic E-state index is 6.13. The molecule has 0 spiro atoms. The Kier molecular flexibility index (Phi) is 2.17. The number of anilines is 1. The number of ether oxygens (including phenoxy) is 1. The van der Waals surface area contributed by atoms with Crippen LogP contribution in [-0.2, 0) is 13.5 Å². The lowest BCUT2D eigenvalue weighted by Gasteiger charge is -2.16. The minimum Gasteiger partial charge on any atom is -0.487 e. The fraction of sp³-hybridized carbons (Fsp3) is 0.357. The molecule has 0 unspecified atom stereocenters. The summed E-state index contributed by atoms with van der Waals surface area (Å²) in [5.41, 5.74) is 9.97. The number of nitrogens with two attached hydrogens (primary N) is 1. The van der Waals surface area contributed by atoms with E-state index in [-0.39, 0.29) is 5.60 Å². The molecule has 94 valence electrons. The van der Waals surface area contributed by atoms with Gasteiger partial charge in [-0.05, 0) is 26.0 Å². The van der Waals surface area contributed by atoms with Gasteiger partial charge in [0.05, 0.1) is 6.20 Å². The lowest BCUT2D eigenvalue weighted by molar-refractivity contribution is 0.138. The summed E-state index contributed by atoms with van der Waals surface area (Å²) < 4.78 is 7.71. The van der Waals surface area contributed by atoms with Crippen LogP contribution in [0.25, 0.3) is 11.1 Å². The lowest BCUT2D eigenvalue weighted by Crippen LogP contribution is -2.24. The highest BCUT2D eigenvalue weighted by Crippen LogP contribution is 2.40. The van der Waals surface area contributed by atoms with Crippen LogP contribution in [-0.4, -0.2) is 15.4 Å². The minimum atomic E-state index is -0.137. The maximum atomic E-state index is 6.13. The van der Waals surface area contributed by atoms with Crippen molar-refractivity contribution in [3.63, 3.8) is 0 Å². The first kappa shape index (κ1) is 11.1. The number of hydrogen-bond donors (Lipinski definition) is 1. The Hall–Kier alpha value is -1.97. The third-order valence-corrected chi connectivity index (χ3v) is 3.25. The number of fused-ring (bicyclic) bond motifs is 1. The molecule has 2 aromatic rings. The number of aromatic nitrogens is 2. The highest BCUT2D eigenvalue weighted by molar-refractivity contribution is 5.78. The number of hydrogen-bond acceptors (Lipinski definition) is 3. The Morgan fingerprint density at radius 3 is 2.83 bits per heavy atom. The van der Waals surface area contributed by atoms with Crippen molar-refractivity contribution < 1.29 is 4.74 Å². The Balaban J connectivity index is 2.09. The predicted molar refractivity (Wildman–Crippen MR) is 71.5 cm³/mol. The van der Waals surface area contributed by atoms with Gasteiger partial charge in [-0.25, -0.2) is 0 Å². The first-order valence-electron chi connectivity index (χ1n) is 6.05. The zero-order valence-corrected chi connectivity index (χ0v) is 10.9. The summed E-state index contributed by atoms with van der Waals surface area (Å²) in [4.78, 5) is 0. The van der Waals surface area contributed by atoms with Crippen molar-refractivity contribution in [2.75, 3.05) is 5.73 Å². The van der Waals surface area contributed by atoms with Gasteiger partial charge in [0.15, 0.2) is 0 Å². The van der Waals surface area contributed by atoms with Crippen molar-refractivity contribution >= 4 is 5.69 Å². The molecule has 18 heavy (non-hydrogen) atoms. The number of rotatable bonds is 1. The second-order valence-electron chi connectivity index (χ2n) is 5.49. The van der Waals surface area contributed by atoms with E-state index in [1.807, 2.05) is 31.6 Å². The molecule has 1 aromatic heterocycles. The zero-order valence-electron chi connectivity index (χ0n) is 10.9. The normalized spacial score (nSPS) is 16.4. The molecule has 4 heteroatoms. The molecule has 0 atom stereocenters. The second kappa shape index (κ2) is 3.51. The van der Waals surface area contributed by atoms with E-state index in [1.54, 1.807) is 4.68 Å². The van der Waals surface area contributed by atoms with Crippen molar-refractivity contribution in [3.8, 4) is 16.9 Å². The first-order chi connectivity index (χ1) is 8.44. The molecule has 1 aromatic carbocycles. The number of nitrogen functional groups attached to an aromatic ring is 1. The van der Waals surface area contributed by atoms with Gasteiger partial charge < -0.3 is 10.5 Å². The van der Waals surface area contributed by atoms with Gasteiger partial charge in [0.2, 0.25) is 0 Å². The topological polar surface area (TPSA) is 53.1 Å². The molecular formula is C14H17N3O. The van der Waals surface area contributed by atoms with Gasteiger partial charge in [-0.1, -0.05) is 0 Å². The second-order valence-corrected chi connectivity index (χ2v) is 5.49. The van der Waals surface area contributed by atoms with Crippen LogP contribution in [0.1, 0.15) is 19.4 Å². The quantitative estimate of drug-likeness (QED) is 0.782. The van der Waals surface area contributed by atoms with Gasteiger partial charge in [0.1, 0.15) is 11.4 Å². The Labute approximate surface area is 106 Å². The van der Waals surface area contributed by atoms with E-state index >= 15 is 0 Å². The molecule has 0 amide bonds. The molecule has 0 radical (unpaired) electrons. The predicted octanol–water partition coefficient (Wildman–Crippen LogP) is 2.38. The smallest absolute Gasteiger partial charge is 0.124 e. The molecule has 4 nitrogen and oxygen atoms in total. The third kappa shape index (κ3) is 1.74. The minimum absolute atomic E-state index is 0.137. The molecule has 1 aliphatic heterocycles. The average molecular weight is 243 g/mol. The van der Waals surface area contributed by atoms with Crippen LogP contribution >= 0.6 is 0 Å². The summed E-state index contributed by atoms with van der Waals surface area (Å²) in [5.74, 6) is 0.938. The van der Waals surface area contributed by atoms with Gasteiger partial charge >= 0.3 is 0 Å². The molecule has 2 N–H and O–H groups in total. The number of aryl methyl sites for hydroxylation is 1.